The van der Waals surface area contributed by atoms with Crippen molar-refractivity contribution in [2.24, 2.45) is 0 Å². The highest BCUT2D eigenvalue weighted by atomic mass is 31.2. The smallest absolute Gasteiger partial charge is 0.383 e. The molecule has 0 aromatic rings. The summed E-state index contributed by atoms with van der Waals surface area (Å²) in [5.74, 6) is 0. The molecule has 3 rings (SSSR count). The normalized spacial score (nSPS) is 31.4. The molecule has 2 saturated heterocycles. The van der Waals surface area contributed by atoms with E-state index in [1.807, 2.05) is 14.2 Å². The topological polar surface area (TPSA) is 24.9 Å². The van der Waals surface area contributed by atoms with Gasteiger partial charge in [0, 0.05) is 27.3 Å². The monoisotopic (exact) mass is 339 g/mol. The van der Waals surface area contributed by atoms with E-state index in [4.69, 9.17) is 17.0 Å². The molecule has 0 aromatic heterocycles. The van der Waals surface area contributed by atoms with E-state index in [0.717, 1.165) is 26.3 Å². The molecule has 0 spiro atoms. The van der Waals surface area contributed by atoms with Crippen LogP contribution in [0.5, 0.6) is 0 Å². The Morgan fingerprint density at radius 2 is 1.30 bits per heavy atom. The van der Waals surface area contributed by atoms with Crippen molar-refractivity contribution in [2.45, 2.75) is 69.1 Å². The van der Waals surface area contributed by atoms with Crippen LogP contribution >= 0.6 is 7.44 Å². The van der Waals surface area contributed by atoms with Crippen molar-refractivity contribution in [1.29, 1.82) is 0 Å². The number of hydrogen-bond donors (Lipinski definition) is 0. The first kappa shape index (κ1) is 18.1. The van der Waals surface area contributed by atoms with Gasteiger partial charge in [0.1, 0.15) is 7.44 Å². The van der Waals surface area contributed by atoms with Gasteiger partial charge < -0.3 is 9.47 Å². The number of methoxy groups -OCH3 is 2. The minimum Gasteiger partial charge on any atom is -0.383 e. The zero-order valence-electron chi connectivity index (χ0n) is 15.0. The standard InChI is InChI=1S/C17H33BN2O2P/c1-21-13-15-7-5-11-19(15)23(18,17-9-3-4-10-17)20-12-6-8-16(20)14-22-2/h15-17H,3-14H2,1-2H3/q+1/t15-,16-/m0/s1. The molecule has 6 heteroatoms. The van der Waals surface area contributed by atoms with Crippen LogP contribution < -0.4 is 0 Å². The highest BCUT2D eigenvalue weighted by Crippen LogP contribution is 2.71. The summed E-state index contributed by atoms with van der Waals surface area (Å²) in [6, 6.07) is 1.03. The van der Waals surface area contributed by atoms with Gasteiger partial charge in [-0.1, -0.05) is 0 Å². The van der Waals surface area contributed by atoms with E-state index >= 15 is 0 Å². The van der Waals surface area contributed by atoms with Gasteiger partial charge in [-0.2, -0.15) is 9.34 Å². The van der Waals surface area contributed by atoms with E-state index in [2.05, 4.69) is 9.34 Å². The van der Waals surface area contributed by atoms with E-state index in [1.165, 1.54) is 51.4 Å². The van der Waals surface area contributed by atoms with Crippen molar-refractivity contribution < 1.29 is 9.47 Å². The van der Waals surface area contributed by atoms with Crippen LogP contribution in [0.4, 0.5) is 0 Å². The third kappa shape index (κ3) is 3.50. The summed E-state index contributed by atoms with van der Waals surface area (Å²) in [5.41, 5.74) is 0.692. The molecule has 0 unspecified atom stereocenters. The van der Waals surface area contributed by atoms with Crippen molar-refractivity contribution in [3.8, 4) is 0 Å². The van der Waals surface area contributed by atoms with Crippen LogP contribution in [-0.2, 0) is 9.47 Å². The largest absolute Gasteiger partial charge is 0.409 e. The maximum Gasteiger partial charge on any atom is 0.409 e. The van der Waals surface area contributed by atoms with Gasteiger partial charge >= 0.3 is 7.57 Å². The molecular weight excluding hydrogens is 306 g/mol. The Labute approximate surface area is 144 Å². The summed E-state index contributed by atoms with van der Waals surface area (Å²) in [4.78, 5) is 0. The van der Waals surface area contributed by atoms with Crippen LogP contribution in [0.25, 0.3) is 0 Å². The van der Waals surface area contributed by atoms with E-state index in [9.17, 15) is 0 Å². The minimum atomic E-state index is -1.78. The SMILES string of the molecule is [B][P+](C1CCCC1)(N1CCC[C@H]1COC)N1CCC[C@H]1COC. The van der Waals surface area contributed by atoms with Crippen molar-refractivity contribution in [2.75, 3.05) is 40.5 Å². The lowest BCUT2D eigenvalue weighted by atomic mass is 10.2. The third-order valence-corrected chi connectivity index (χ3v) is 10.4. The fraction of sp³-hybridized carbons (Fsp3) is 1.00. The highest BCUT2D eigenvalue weighted by molar-refractivity contribution is 7.94. The second-order valence-corrected chi connectivity index (χ2v) is 10.6. The van der Waals surface area contributed by atoms with Crippen LogP contribution in [0.3, 0.4) is 0 Å². The number of ether oxygens (including phenoxy) is 2. The molecule has 3 fully saturated rings. The Hall–Kier alpha value is 0.335. The molecule has 1 aliphatic carbocycles. The Balaban J connectivity index is 1.87. The maximum absolute atomic E-state index is 7.41. The molecule has 0 bridgehead atoms. The predicted molar refractivity (Wildman–Crippen MR) is 98.1 cm³/mol. The summed E-state index contributed by atoms with van der Waals surface area (Å²) >= 11 is 0. The van der Waals surface area contributed by atoms with Gasteiger partial charge in [-0.3, -0.25) is 0 Å². The Morgan fingerprint density at radius 3 is 1.74 bits per heavy atom. The summed E-state index contributed by atoms with van der Waals surface area (Å²) in [6.45, 7) is 3.97. The number of nitrogens with zero attached hydrogens (tertiary/aromatic N) is 2. The molecule has 1 saturated carbocycles. The van der Waals surface area contributed by atoms with Crippen LogP contribution in [0, 0.1) is 0 Å². The Bertz CT molecular complexity index is 358. The summed E-state index contributed by atoms with van der Waals surface area (Å²) in [6.07, 6.45) is 10.4. The molecule has 3 aliphatic rings. The van der Waals surface area contributed by atoms with E-state index < -0.39 is 7.44 Å². The van der Waals surface area contributed by atoms with Crippen molar-refractivity contribution in [3.63, 3.8) is 0 Å². The number of rotatable bonds is 7. The molecule has 4 nitrogen and oxygen atoms in total. The van der Waals surface area contributed by atoms with Crippen LogP contribution in [0.2, 0.25) is 0 Å². The van der Waals surface area contributed by atoms with Crippen molar-refractivity contribution in [3.05, 3.63) is 0 Å². The third-order valence-electron chi connectivity index (χ3n) is 6.10. The highest BCUT2D eigenvalue weighted by Gasteiger charge is 2.58. The first-order valence-electron chi connectivity index (χ1n) is 9.41. The van der Waals surface area contributed by atoms with Crippen LogP contribution in [0.1, 0.15) is 51.4 Å². The lowest BCUT2D eigenvalue weighted by Gasteiger charge is -2.46. The van der Waals surface area contributed by atoms with E-state index in [0.29, 0.717) is 17.7 Å². The number of hydrogen-bond acceptors (Lipinski definition) is 4. The van der Waals surface area contributed by atoms with Gasteiger partial charge in [0.25, 0.3) is 0 Å². The zero-order valence-corrected chi connectivity index (χ0v) is 15.8. The second-order valence-electron chi connectivity index (χ2n) is 7.47. The Morgan fingerprint density at radius 1 is 0.826 bits per heavy atom. The molecule has 130 valence electrons. The Kier molecular flexibility index (Phi) is 6.42. The van der Waals surface area contributed by atoms with Gasteiger partial charge in [0.05, 0.1) is 31.0 Å². The molecule has 0 amide bonds. The molecule has 2 heterocycles. The fourth-order valence-electron chi connectivity index (χ4n) is 5.06. The van der Waals surface area contributed by atoms with Crippen LogP contribution in [-0.4, -0.2) is 75.2 Å². The van der Waals surface area contributed by atoms with Gasteiger partial charge in [-0.15, -0.1) is 0 Å². The molecule has 23 heavy (non-hydrogen) atoms. The second kappa shape index (κ2) is 8.14. The quantitative estimate of drug-likeness (QED) is 0.526. The van der Waals surface area contributed by atoms with Gasteiger partial charge in [0.2, 0.25) is 0 Å². The van der Waals surface area contributed by atoms with Crippen molar-refractivity contribution >= 4 is 15.0 Å². The average molecular weight is 339 g/mol. The molecule has 0 aromatic carbocycles. The molecule has 2 radical (unpaired) electrons. The minimum absolute atomic E-state index is 0.516. The van der Waals surface area contributed by atoms with Gasteiger partial charge in [0.15, 0.2) is 0 Å². The lowest BCUT2D eigenvalue weighted by Crippen LogP contribution is -2.47. The van der Waals surface area contributed by atoms with Gasteiger partial charge in [-0.05, 0) is 51.4 Å². The first-order valence-corrected chi connectivity index (χ1v) is 11.2. The van der Waals surface area contributed by atoms with Gasteiger partial charge in [-0.25, -0.2) is 0 Å². The summed E-state index contributed by atoms with van der Waals surface area (Å²) in [7, 11) is 9.28. The summed E-state index contributed by atoms with van der Waals surface area (Å²) in [5, 5.41) is 0. The molecule has 2 atom stereocenters. The lowest BCUT2D eigenvalue weighted by molar-refractivity contribution is 0.135. The van der Waals surface area contributed by atoms with E-state index in [-0.39, 0.29) is 0 Å². The predicted octanol–water partition coefficient (Wildman–Crippen LogP) is 3.08. The fourth-order valence-corrected chi connectivity index (χ4v) is 9.65. The zero-order chi connectivity index (χ0) is 16.3. The summed E-state index contributed by atoms with van der Waals surface area (Å²) < 4.78 is 16.5. The first-order chi connectivity index (χ1) is 11.2. The van der Waals surface area contributed by atoms with Crippen LogP contribution in [0.15, 0.2) is 0 Å². The molecular formula is C17H33BN2O2P+. The average Bonchev–Trinajstić information content (AvgIpc) is 3.29. The van der Waals surface area contributed by atoms with Crippen molar-refractivity contribution in [1.82, 2.24) is 9.34 Å². The van der Waals surface area contributed by atoms with E-state index in [1.54, 1.807) is 0 Å². The molecule has 0 N–H and O–H groups in total. The maximum atomic E-state index is 7.41. The molecule has 2 aliphatic heterocycles.